The number of nitrogens with one attached hydrogen (secondary N) is 2. The third-order valence-corrected chi connectivity index (χ3v) is 27.3. The zero-order valence-corrected chi connectivity index (χ0v) is 57.1. The zero-order chi connectivity index (χ0) is 66.0. The van der Waals surface area contributed by atoms with Crippen LogP contribution in [0.4, 0.5) is 11.4 Å². The fourth-order valence-electron chi connectivity index (χ4n) is 16.9. The number of sulfonamides is 2. The third kappa shape index (κ3) is 12.7. The van der Waals surface area contributed by atoms with Crippen LogP contribution in [0.5, 0.6) is 11.5 Å². The van der Waals surface area contributed by atoms with Crippen molar-refractivity contribution >= 4 is 66.4 Å². The zero-order valence-electron chi connectivity index (χ0n) is 54.0. The molecule has 500 valence electrons. The van der Waals surface area contributed by atoms with E-state index in [0.717, 1.165) is 85.6 Å². The van der Waals surface area contributed by atoms with Crippen LogP contribution in [0.1, 0.15) is 172 Å². The highest BCUT2D eigenvalue weighted by atomic mass is 35.5. The van der Waals surface area contributed by atoms with Gasteiger partial charge in [-0.15, -0.1) is 0 Å². The van der Waals surface area contributed by atoms with Crippen LogP contribution in [0, 0.1) is 35.5 Å². The Labute approximate surface area is 562 Å². The maximum atomic E-state index is 13.5. The monoisotopic (exact) mass is 1360 g/mol. The summed E-state index contributed by atoms with van der Waals surface area (Å²) in [7, 11) is -7.94. The summed E-state index contributed by atoms with van der Waals surface area (Å²) in [6.07, 6.45) is 19.2. The molecular formula is C72H86Cl2N8O10S2. The molecule has 6 heterocycles. The molecule has 4 aromatic carbocycles. The number of hydrogen-bond acceptors (Lipinski definition) is 16. The van der Waals surface area contributed by atoms with Crippen molar-refractivity contribution in [3.05, 3.63) is 165 Å². The van der Waals surface area contributed by atoms with Gasteiger partial charge in [-0.3, -0.25) is 9.59 Å². The highest BCUT2D eigenvalue weighted by Crippen LogP contribution is 2.54. The molecule has 0 radical (unpaired) electrons. The van der Waals surface area contributed by atoms with Crippen molar-refractivity contribution in [1.29, 1.82) is 0 Å². The first-order chi connectivity index (χ1) is 45.0. The first kappa shape index (κ1) is 66.2. The second kappa shape index (κ2) is 26.2. The molecular weight excluding hydrogens is 1270 g/mol. The maximum absolute atomic E-state index is 13.5. The minimum Gasteiger partial charge on any atom is -0.490 e. The third-order valence-electron chi connectivity index (χ3n) is 23.0. The standard InChI is InChI=1S/2C36H43ClN4O5S/c2*1-23-6-3-15-36(43,34-38-16-5-17-39-34)30-11-8-27(30)20-41-21-35(14-4-7-25-18-28(37)10-12-29(25)35)22-46-32-13-9-26(19-31(32)41)33(42)40-47(44,45)24(23)2/h2*5,9-10,12-13,16-19,23-24,27,30,43H,3-4,6-8,11,14-15,20-22H2,1-2H3,(H,40,42)/t23-,24+,27-,30+,35-,36+;23-,24+,27-,30+,35-,36-/m00/s1. The number of anilines is 2. The van der Waals surface area contributed by atoms with Crippen molar-refractivity contribution in [3.8, 4) is 11.5 Å². The van der Waals surface area contributed by atoms with Crippen LogP contribution in [-0.2, 0) is 54.9 Å². The van der Waals surface area contributed by atoms with Crippen molar-refractivity contribution in [2.24, 2.45) is 35.5 Å². The van der Waals surface area contributed by atoms with Gasteiger partial charge in [0.25, 0.3) is 11.8 Å². The molecule has 0 saturated heterocycles. The summed E-state index contributed by atoms with van der Waals surface area (Å²) in [6.45, 7) is 10.5. The first-order valence-electron chi connectivity index (χ1n) is 33.7. The maximum Gasteiger partial charge on any atom is 0.264 e. The van der Waals surface area contributed by atoms with Crippen LogP contribution >= 0.6 is 23.2 Å². The van der Waals surface area contributed by atoms with E-state index in [4.69, 9.17) is 32.7 Å². The van der Waals surface area contributed by atoms with E-state index in [-0.39, 0.29) is 57.5 Å². The number of hydrogen-bond donors (Lipinski definition) is 4. The molecule has 4 aliphatic carbocycles. The molecule has 2 spiro atoms. The SMILES string of the molecule is C[C@@H]1[C@@H](C)CCC[C@@](O)(c2ncccn2)[C@@H]2CC[C@H]2CN2C[C@@]3(CCCc4cc(Cl)ccc43)COc3ccc(cc32)C(=O)NS1(=O)=O.C[C@@H]1[C@@H](C)CCC[C@](O)(c2ncccn2)[C@@H]2CC[C@H]2CN2C[C@@]3(CCCc4cc(Cl)ccc43)COc3ccc(cc32)C(=O)NS1(=O)=O. The quantitative estimate of drug-likeness (QED) is 0.126. The van der Waals surface area contributed by atoms with Gasteiger partial charge in [0, 0.05) is 83.0 Å². The van der Waals surface area contributed by atoms with Crippen LogP contribution in [0.15, 0.2) is 110 Å². The molecule has 0 unspecified atom stereocenters. The summed E-state index contributed by atoms with van der Waals surface area (Å²) in [4.78, 5) is 49.8. The summed E-state index contributed by atoms with van der Waals surface area (Å²) in [5, 5.41) is 24.8. The van der Waals surface area contributed by atoms with E-state index in [1.807, 2.05) is 26.0 Å². The fourth-order valence-corrected chi connectivity index (χ4v) is 19.9. The van der Waals surface area contributed by atoms with Crippen LogP contribution in [-0.4, -0.2) is 109 Å². The molecule has 4 aliphatic heterocycles. The van der Waals surface area contributed by atoms with E-state index in [9.17, 15) is 36.6 Å². The van der Waals surface area contributed by atoms with Gasteiger partial charge < -0.3 is 29.5 Å². The number of ether oxygens (including phenoxy) is 2. The number of nitrogens with zero attached hydrogens (tertiary/aromatic N) is 6. The Morgan fingerprint density at radius 1 is 0.521 bits per heavy atom. The molecule has 18 nitrogen and oxygen atoms in total. The fraction of sp³-hybridized carbons (Fsp3) is 0.528. The van der Waals surface area contributed by atoms with E-state index >= 15 is 0 Å². The van der Waals surface area contributed by atoms with Gasteiger partial charge in [-0.25, -0.2) is 46.2 Å². The first-order valence-corrected chi connectivity index (χ1v) is 37.6. The molecule has 2 fully saturated rings. The van der Waals surface area contributed by atoms with Gasteiger partial charge in [0.15, 0.2) is 11.6 Å². The number of aryl methyl sites for hydroxylation is 2. The second-order valence-electron chi connectivity index (χ2n) is 28.6. The largest absolute Gasteiger partial charge is 0.490 e. The van der Waals surface area contributed by atoms with Crippen molar-refractivity contribution in [1.82, 2.24) is 29.4 Å². The Morgan fingerprint density at radius 2 is 0.926 bits per heavy atom. The molecule has 4 bridgehead atoms. The molecule has 6 aromatic rings. The lowest BCUT2D eigenvalue weighted by molar-refractivity contribution is -0.101. The Bertz CT molecular complexity index is 3810. The Hall–Kier alpha value is -6.42. The summed E-state index contributed by atoms with van der Waals surface area (Å²) in [5.74, 6) is 0.498. The van der Waals surface area contributed by atoms with Crippen molar-refractivity contribution in [2.45, 2.75) is 163 Å². The van der Waals surface area contributed by atoms with Crippen molar-refractivity contribution in [3.63, 3.8) is 0 Å². The number of aliphatic hydroxyl groups is 2. The van der Waals surface area contributed by atoms with Gasteiger partial charge in [-0.05, 0) is 247 Å². The molecule has 2 amide bonds. The highest BCUT2D eigenvalue weighted by molar-refractivity contribution is 7.91. The molecule has 8 aliphatic rings. The van der Waals surface area contributed by atoms with E-state index in [1.54, 1.807) is 87.2 Å². The smallest absolute Gasteiger partial charge is 0.264 e. The Kier molecular flexibility index (Phi) is 18.5. The van der Waals surface area contributed by atoms with E-state index < -0.39 is 53.6 Å². The number of halogens is 2. The van der Waals surface area contributed by atoms with Gasteiger partial charge in [0.1, 0.15) is 22.7 Å². The van der Waals surface area contributed by atoms with Crippen LogP contribution < -0.4 is 28.7 Å². The normalized spacial score (nSPS) is 32.2. The average molecular weight is 1360 g/mol. The van der Waals surface area contributed by atoms with Crippen LogP contribution in [0.25, 0.3) is 0 Å². The molecule has 2 aromatic heterocycles. The molecule has 4 N–H and O–H groups in total. The number of carbonyl (C=O) groups is 2. The lowest BCUT2D eigenvalue weighted by atomic mass is 9.62. The molecule has 2 saturated carbocycles. The highest BCUT2D eigenvalue weighted by Gasteiger charge is 2.53. The molecule has 14 rings (SSSR count). The van der Waals surface area contributed by atoms with Gasteiger partial charge in [-0.1, -0.05) is 49.2 Å². The average Bonchev–Trinajstić information content (AvgIpc) is 1.32. The van der Waals surface area contributed by atoms with E-state index in [2.05, 4.69) is 63.4 Å². The van der Waals surface area contributed by atoms with Gasteiger partial charge in [0.2, 0.25) is 20.0 Å². The number of amides is 2. The second-order valence-corrected chi connectivity index (χ2v) is 33.5. The van der Waals surface area contributed by atoms with Crippen LogP contribution in [0.2, 0.25) is 10.0 Å². The minimum atomic E-state index is -3.97. The molecule has 12 atom stereocenters. The van der Waals surface area contributed by atoms with E-state index in [1.165, 1.54) is 22.3 Å². The number of benzene rings is 4. The van der Waals surface area contributed by atoms with Gasteiger partial charge >= 0.3 is 0 Å². The lowest BCUT2D eigenvalue weighted by Crippen LogP contribution is -2.52. The number of aromatic nitrogens is 4. The van der Waals surface area contributed by atoms with Crippen LogP contribution in [0.3, 0.4) is 0 Å². The van der Waals surface area contributed by atoms with Crippen molar-refractivity contribution < 1.29 is 46.1 Å². The number of carbonyl (C=O) groups excluding carboxylic acids is 2. The number of rotatable bonds is 2. The Balaban J connectivity index is 0.000000171. The van der Waals surface area contributed by atoms with Crippen molar-refractivity contribution in [2.75, 3.05) is 49.2 Å². The summed E-state index contributed by atoms with van der Waals surface area (Å²) >= 11 is 12.9. The summed E-state index contributed by atoms with van der Waals surface area (Å²) in [6, 6.07) is 26.2. The summed E-state index contributed by atoms with van der Waals surface area (Å²) < 4.78 is 71.6. The predicted octanol–water partition coefficient (Wildman–Crippen LogP) is 11.6. The van der Waals surface area contributed by atoms with E-state index in [0.29, 0.717) is 101 Å². The topological polar surface area (TPSA) is 243 Å². The Morgan fingerprint density at radius 3 is 1.31 bits per heavy atom. The van der Waals surface area contributed by atoms with Gasteiger partial charge in [0.05, 0.1) is 35.1 Å². The molecule has 94 heavy (non-hydrogen) atoms. The predicted molar refractivity (Wildman–Crippen MR) is 362 cm³/mol. The lowest BCUT2D eigenvalue weighted by Gasteiger charge is -2.49. The number of fused-ring (bicyclic) bond motifs is 8. The molecule has 22 heteroatoms. The van der Waals surface area contributed by atoms with Gasteiger partial charge in [-0.2, -0.15) is 0 Å². The minimum absolute atomic E-state index is 0.0817. The summed E-state index contributed by atoms with van der Waals surface area (Å²) in [5.41, 5.74) is 3.85.